The highest BCUT2D eigenvalue weighted by molar-refractivity contribution is 5.82. The number of hydrogen-bond donors (Lipinski definition) is 4. The number of hydrogen-bond acceptors (Lipinski definition) is 7. The van der Waals surface area contributed by atoms with E-state index in [1.807, 2.05) is 52.8 Å². The fourth-order valence-electron chi connectivity index (χ4n) is 5.72. The number of carbonyl (C=O) groups excluding carboxylic acids is 1. The third-order valence-electron chi connectivity index (χ3n) is 8.62. The second-order valence-electron chi connectivity index (χ2n) is 12.8. The highest BCUT2D eigenvalue weighted by atomic mass is 16.5. The van der Waals surface area contributed by atoms with Crippen LogP contribution in [0.4, 0.5) is 0 Å². The number of allylic oxidation sites excluding steroid dienone is 4. The number of aliphatic hydroxyl groups excluding tert-OH is 3. The highest BCUT2D eigenvalue weighted by Crippen LogP contribution is 2.30. The molecule has 1 heterocycles. The van der Waals surface area contributed by atoms with Crippen molar-refractivity contribution >= 4 is 11.9 Å². The van der Waals surface area contributed by atoms with Gasteiger partial charge in [-0.15, -0.1) is 0 Å². The average Bonchev–Trinajstić information content (AvgIpc) is 2.97. The molecular formula is C36H58O8. The predicted octanol–water partition coefficient (Wildman–Crippen LogP) is 6.03. The summed E-state index contributed by atoms with van der Waals surface area (Å²) >= 11 is 0. The number of cyclic esters (lactones) is 1. The Bertz CT molecular complexity index is 969. The summed E-state index contributed by atoms with van der Waals surface area (Å²) < 4.78 is 12.3. The third-order valence-corrected chi connectivity index (χ3v) is 8.62. The van der Waals surface area contributed by atoms with Crippen molar-refractivity contribution in [2.24, 2.45) is 35.5 Å². The van der Waals surface area contributed by atoms with E-state index in [4.69, 9.17) is 14.6 Å². The van der Waals surface area contributed by atoms with Crippen molar-refractivity contribution in [3.05, 3.63) is 61.3 Å². The molecule has 4 N–H and O–H groups in total. The normalized spacial score (nSPS) is 34.5. The number of rotatable bonds is 8. The molecule has 8 heteroatoms. The molecular weight excluding hydrogens is 560 g/mol. The van der Waals surface area contributed by atoms with E-state index in [2.05, 4.69) is 13.5 Å². The van der Waals surface area contributed by atoms with Crippen LogP contribution >= 0.6 is 0 Å². The van der Waals surface area contributed by atoms with Gasteiger partial charge in [0.1, 0.15) is 6.10 Å². The lowest BCUT2D eigenvalue weighted by Gasteiger charge is -2.34. The number of carboxylic acid groups (broad SMARTS) is 1. The lowest BCUT2D eigenvalue weighted by Crippen LogP contribution is -2.39. The number of aliphatic carboxylic acids is 1. The van der Waals surface area contributed by atoms with Crippen LogP contribution in [-0.2, 0) is 19.1 Å². The van der Waals surface area contributed by atoms with E-state index < -0.39 is 36.4 Å². The summed E-state index contributed by atoms with van der Waals surface area (Å²) in [6.07, 6.45) is 15.1. The molecule has 1 aliphatic rings. The Hall–Kier alpha value is -2.52. The van der Waals surface area contributed by atoms with E-state index in [1.165, 1.54) is 6.08 Å². The Morgan fingerprint density at radius 3 is 2.41 bits per heavy atom. The van der Waals surface area contributed by atoms with E-state index in [9.17, 15) is 24.9 Å². The Kier molecular flexibility index (Phi) is 19.1. The van der Waals surface area contributed by atoms with Gasteiger partial charge < -0.3 is 29.9 Å². The molecule has 0 spiro atoms. The third kappa shape index (κ3) is 15.5. The van der Waals surface area contributed by atoms with Crippen LogP contribution in [0, 0.1) is 35.5 Å². The van der Waals surface area contributed by atoms with Gasteiger partial charge in [-0.3, -0.25) is 4.79 Å². The molecule has 0 saturated heterocycles. The van der Waals surface area contributed by atoms with E-state index in [0.29, 0.717) is 12.8 Å². The Balaban J connectivity index is 3.34. The van der Waals surface area contributed by atoms with Crippen molar-refractivity contribution in [2.75, 3.05) is 6.61 Å². The number of carbonyl (C=O) groups is 2. The zero-order chi connectivity index (χ0) is 33.2. The summed E-state index contributed by atoms with van der Waals surface area (Å²) in [7, 11) is 0. The van der Waals surface area contributed by atoms with E-state index in [0.717, 1.165) is 12.8 Å². The van der Waals surface area contributed by atoms with Crippen LogP contribution in [0.1, 0.15) is 80.1 Å². The standard InChI is InChI=1S/C36H58O8/c1-8-9-13-27(5)36-29(7)32(43-21-12-15-33(39)40)20-17-24(2)22-28(6)35(42)26(4)18-19-30(37)23-31(38)25(3)14-10-11-16-34(41)44-36/h8-11,13-14,16,18-19,24-32,35-38,42H,1,12,15,17,20-23H2,2-7H3,(H,39,40). The quantitative estimate of drug-likeness (QED) is 0.112. The molecule has 0 bridgehead atoms. The van der Waals surface area contributed by atoms with Gasteiger partial charge in [0.15, 0.2) is 0 Å². The Morgan fingerprint density at radius 2 is 1.75 bits per heavy atom. The number of ether oxygens (including phenoxy) is 2. The van der Waals surface area contributed by atoms with Crippen LogP contribution in [0.25, 0.3) is 0 Å². The summed E-state index contributed by atoms with van der Waals surface area (Å²) in [6.45, 7) is 15.9. The minimum Gasteiger partial charge on any atom is -0.481 e. The second-order valence-corrected chi connectivity index (χ2v) is 12.8. The minimum atomic E-state index is -0.872. The molecule has 250 valence electrons. The summed E-state index contributed by atoms with van der Waals surface area (Å²) in [5, 5.41) is 41.1. The number of carboxylic acids is 1. The molecule has 0 fully saturated rings. The first-order chi connectivity index (χ1) is 20.8. The van der Waals surface area contributed by atoms with Gasteiger partial charge in [0.25, 0.3) is 0 Å². The molecule has 0 radical (unpaired) electrons. The van der Waals surface area contributed by atoms with Crippen molar-refractivity contribution in [3.8, 4) is 0 Å². The fourth-order valence-corrected chi connectivity index (χ4v) is 5.72. The maximum absolute atomic E-state index is 12.9. The summed E-state index contributed by atoms with van der Waals surface area (Å²) in [5.74, 6) is -1.88. The van der Waals surface area contributed by atoms with Crippen LogP contribution < -0.4 is 0 Å². The number of esters is 1. The fraction of sp³-hybridized carbons (Fsp3) is 0.667. The van der Waals surface area contributed by atoms with Crippen LogP contribution in [0.3, 0.4) is 0 Å². The van der Waals surface area contributed by atoms with Crippen LogP contribution in [0.2, 0.25) is 0 Å². The molecule has 44 heavy (non-hydrogen) atoms. The van der Waals surface area contributed by atoms with Crippen LogP contribution in [0.15, 0.2) is 61.3 Å². The molecule has 11 unspecified atom stereocenters. The molecule has 0 aromatic rings. The van der Waals surface area contributed by atoms with Gasteiger partial charge in [0.2, 0.25) is 0 Å². The second kappa shape index (κ2) is 21.3. The Morgan fingerprint density at radius 1 is 1.05 bits per heavy atom. The molecule has 0 amide bonds. The maximum Gasteiger partial charge on any atom is 0.331 e. The summed E-state index contributed by atoms with van der Waals surface area (Å²) in [6, 6.07) is 0. The summed E-state index contributed by atoms with van der Waals surface area (Å²) in [5.41, 5.74) is 0. The molecule has 0 saturated carbocycles. The molecule has 8 nitrogen and oxygen atoms in total. The topological polar surface area (TPSA) is 134 Å². The first-order valence-corrected chi connectivity index (χ1v) is 16.2. The minimum absolute atomic E-state index is 0.00677. The first-order valence-electron chi connectivity index (χ1n) is 16.2. The molecule has 0 aromatic heterocycles. The monoisotopic (exact) mass is 618 g/mol. The zero-order valence-electron chi connectivity index (χ0n) is 27.6. The predicted molar refractivity (Wildman–Crippen MR) is 175 cm³/mol. The molecule has 1 rings (SSSR count). The van der Waals surface area contributed by atoms with Gasteiger partial charge >= 0.3 is 11.9 Å². The zero-order valence-corrected chi connectivity index (χ0v) is 27.6. The average molecular weight is 619 g/mol. The lowest BCUT2D eigenvalue weighted by molar-refractivity contribution is -0.152. The lowest BCUT2D eigenvalue weighted by atomic mass is 9.82. The smallest absolute Gasteiger partial charge is 0.331 e. The van der Waals surface area contributed by atoms with E-state index in [1.54, 1.807) is 30.4 Å². The van der Waals surface area contributed by atoms with Crippen molar-refractivity contribution in [1.29, 1.82) is 0 Å². The van der Waals surface area contributed by atoms with Gasteiger partial charge in [-0.25, -0.2) is 4.79 Å². The van der Waals surface area contributed by atoms with Gasteiger partial charge in [0.05, 0.1) is 24.4 Å². The molecule has 0 aromatic carbocycles. The van der Waals surface area contributed by atoms with E-state index >= 15 is 0 Å². The van der Waals surface area contributed by atoms with Gasteiger partial charge in [0, 0.05) is 49.2 Å². The van der Waals surface area contributed by atoms with Gasteiger partial charge in [-0.1, -0.05) is 96.7 Å². The Labute approximate surface area is 265 Å². The van der Waals surface area contributed by atoms with Gasteiger partial charge in [-0.2, -0.15) is 0 Å². The van der Waals surface area contributed by atoms with Crippen LogP contribution in [0.5, 0.6) is 0 Å². The largest absolute Gasteiger partial charge is 0.481 e. The molecule has 11 atom stereocenters. The highest BCUT2D eigenvalue weighted by Gasteiger charge is 2.33. The van der Waals surface area contributed by atoms with Crippen molar-refractivity contribution in [1.82, 2.24) is 0 Å². The van der Waals surface area contributed by atoms with Crippen molar-refractivity contribution < 1.29 is 39.5 Å². The molecule has 0 aliphatic carbocycles. The number of aliphatic hydroxyl groups is 3. The van der Waals surface area contributed by atoms with E-state index in [-0.39, 0.29) is 61.1 Å². The SMILES string of the molecule is C=CC=CC(C)C1OC(=O)C=CC=CC(C)C(O)CC(O)C=CC(C)C(O)C(C)CC(C)CCC(OCCCC(=O)O)C1C. The molecule has 1 aliphatic heterocycles. The van der Waals surface area contributed by atoms with Crippen molar-refractivity contribution in [2.45, 2.75) is 111 Å². The van der Waals surface area contributed by atoms with Crippen molar-refractivity contribution in [3.63, 3.8) is 0 Å². The maximum atomic E-state index is 12.9. The van der Waals surface area contributed by atoms with Crippen LogP contribution in [-0.4, -0.2) is 69.5 Å². The first kappa shape index (κ1) is 39.5. The summed E-state index contributed by atoms with van der Waals surface area (Å²) in [4.78, 5) is 24.0. The van der Waals surface area contributed by atoms with Gasteiger partial charge in [-0.05, 0) is 37.5 Å².